The molecule has 1 N–H and O–H groups in total. The first-order valence-corrected chi connectivity index (χ1v) is 6.88. The van der Waals surface area contributed by atoms with Crippen molar-refractivity contribution in [1.82, 2.24) is 15.1 Å². The lowest BCUT2D eigenvalue weighted by atomic mass is 10.3. The third-order valence-electron chi connectivity index (χ3n) is 2.54. The lowest BCUT2D eigenvalue weighted by Gasteiger charge is -2.13. The molecule has 9 nitrogen and oxygen atoms in total. The van der Waals surface area contributed by atoms with Crippen molar-refractivity contribution < 1.29 is 19.2 Å². The molecule has 0 radical (unpaired) electrons. The van der Waals surface area contributed by atoms with Gasteiger partial charge in [0, 0.05) is 12.3 Å². The summed E-state index contributed by atoms with van der Waals surface area (Å²) in [5.41, 5.74) is -0.769. The fourth-order valence-electron chi connectivity index (χ4n) is 1.52. The Morgan fingerprint density at radius 3 is 2.71 bits per heavy atom. The van der Waals surface area contributed by atoms with Gasteiger partial charge in [-0.25, -0.2) is 4.79 Å². The average Bonchev–Trinajstić information content (AvgIpc) is 2.89. The third-order valence-corrected chi connectivity index (χ3v) is 2.90. The minimum atomic E-state index is -0.993. The maximum Gasteiger partial charge on any atom is 0.329 e. The Balaban J connectivity index is 2.95. The summed E-state index contributed by atoms with van der Waals surface area (Å²) in [5.74, 6) is -1.47. The predicted molar refractivity (Wildman–Crippen MR) is 76.3 cm³/mol. The minimum absolute atomic E-state index is 0.00680. The number of rotatable bonds is 7. The molecule has 116 valence electrons. The van der Waals surface area contributed by atoms with E-state index in [9.17, 15) is 19.7 Å². The van der Waals surface area contributed by atoms with Crippen LogP contribution in [0.3, 0.4) is 0 Å². The Bertz CT molecular complexity index is 545. The van der Waals surface area contributed by atoms with Gasteiger partial charge < -0.3 is 10.1 Å². The molecule has 0 aliphatic carbocycles. The number of hydrogen-bond donors (Lipinski definition) is 2. The topological polar surface area (TPSA) is 116 Å². The van der Waals surface area contributed by atoms with Crippen molar-refractivity contribution in [1.29, 1.82) is 0 Å². The molecule has 1 amide bonds. The van der Waals surface area contributed by atoms with Gasteiger partial charge in [0.25, 0.3) is 5.91 Å². The molecule has 0 aromatic carbocycles. The number of carbonyl (C=O) groups is 2. The number of nitro groups is 1. The van der Waals surface area contributed by atoms with Crippen LogP contribution in [-0.4, -0.2) is 45.0 Å². The summed E-state index contributed by atoms with van der Waals surface area (Å²) in [6, 6.07) is -0.993. The van der Waals surface area contributed by atoms with Crippen LogP contribution in [0.15, 0.2) is 6.20 Å². The highest BCUT2D eigenvalue weighted by Gasteiger charge is 2.29. The van der Waals surface area contributed by atoms with Crippen LogP contribution in [0.1, 0.15) is 24.3 Å². The zero-order chi connectivity index (χ0) is 16.0. The monoisotopic (exact) mass is 316 g/mol. The number of carbonyl (C=O) groups excluding carboxylic acids is 2. The number of ether oxygens (including phenoxy) is 1. The molecule has 10 heteroatoms. The van der Waals surface area contributed by atoms with Gasteiger partial charge in [0.15, 0.2) is 0 Å². The van der Waals surface area contributed by atoms with Crippen molar-refractivity contribution in [2.24, 2.45) is 0 Å². The molecule has 21 heavy (non-hydrogen) atoms. The molecule has 0 bridgehead atoms. The second-order valence-electron chi connectivity index (χ2n) is 3.94. The molecule has 1 aromatic heterocycles. The number of aromatic nitrogens is 2. The Morgan fingerprint density at radius 1 is 1.57 bits per heavy atom. The molecular formula is C11H16N4O5S. The van der Waals surface area contributed by atoms with Gasteiger partial charge in [-0.3, -0.25) is 19.6 Å². The van der Waals surface area contributed by atoms with Crippen LogP contribution < -0.4 is 5.32 Å². The summed E-state index contributed by atoms with van der Waals surface area (Å²) in [5, 5.41) is 17.1. The lowest BCUT2D eigenvalue weighted by molar-refractivity contribution is -0.385. The van der Waals surface area contributed by atoms with Crippen molar-refractivity contribution in [3.8, 4) is 0 Å². The van der Waals surface area contributed by atoms with Crippen molar-refractivity contribution in [3.63, 3.8) is 0 Å². The van der Waals surface area contributed by atoms with Gasteiger partial charge in [-0.1, -0.05) is 0 Å². The molecule has 0 spiro atoms. The summed E-state index contributed by atoms with van der Waals surface area (Å²) < 4.78 is 6.04. The van der Waals surface area contributed by atoms with E-state index < -0.39 is 28.5 Å². The van der Waals surface area contributed by atoms with Gasteiger partial charge in [-0.2, -0.15) is 17.7 Å². The Morgan fingerprint density at radius 2 is 2.24 bits per heavy atom. The van der Waals surface area contributed by atoms with E-state index >= 15 is 0 Å². The van der Waals surface area contributed by atoms with Gasteiger partial charge in [-0.05, 0) is 13.8 Å². The highest BCUT2D eigenvalue weighted by molar-refractivity contribution is 7.80. The maximum atomic E-state index is 12.0. The van der Waals surface area contributed by atoms with Crippen LogP contribution in [0.5, 0.6) is 0 Å². The van der Waals surface area contributed by atoms with Crippen LogP contribution in [0.2, 0.25) is 0 Å². The van der Waals surface area contributed by atoms with E-state index in [4.69, 9.17) is 4.74 Å². The van der Waals surface area contributed by atoms with E-state index in [1.54, 1.807) is 13.8 Å². The van der Waals surface area contributed by atoms with E-state index in [-0.39, 0.29) is 18.1 Å². The normalized spacial score (nSPS) is 11.8. The molecule has 0 unspecified atom stereocenters. The van der Waals surface area contributed by atoms with Gasteiger partial charge in [0.2, 0.25) is 5.69 Å². The van der Waals surface area contributed by atoms with Gasteiger partial charge >= 0.3 is 11.7 Å². The van der Waals surface area contributed by atoms with Crippen LogP contribution in [0.25, 0.3) is 0 Å². The van der Waals surface area contributed by atoms with Crippen molar-refractivity contribution in [2.75, 3.05) is 12.4 Å². The maximum absolute atomic E-state index is 12.0. The average molecular weight is 316 g/mol. The van der Waals surface area contributed by atoms with Crippen LogP contribution in [0, 0.1) is 10.1 Å². The summed E-state index contributed by atoms with van der Waals surface area (Å²) in [4.78, 5) is 33.8. The van der Waals surface area contributed by atoms with Crippen molar-refractivity contribution in [2.45, 2.75) is 26.4 Å². The van der Waals surface area contributed by atoms with Gasteiger partial charge in [0.1, 0.15) is 12.2 Å². The van der Waals surface area contributed by atoms with Crippen LogP contribution in [-0.2, 0) is 16.1 Å². The molecule has 1 rings (SSSR count). The molecular weight excluding hydrogens is 300 g/mol. The van der Waals surface area contributed by atoms with Gasteiger partial charge in [0.05, 0.1) is 11.5 Å². The Labute approximate surface area is 126 Å². The number of esters is 1. The molecule has 0 saturated heterocycles. The number of hydrogen-bond acceptors (Lipinski definition) is 7. The van der Waals surface area contributed by atoms with E-state index in [1.165, 1.54) is 4.68 Å². The Kier molecular flexibility index (Phi) is 6.15. The number of nitrogens with one attached hydrogen (secondary N) is 1. The van der Waals surface area contributed by atoms with Crippen LogP contribution >= 0.6 is 12.6 Å². The summed E-state index contributed by atoms with van der Waals surface area (Å²) in [6.07, 6.45) is 1.16. The van der Waals surface area contributed by atoms with Crippen LogP contribution in [0.4, 0.5) is 5.69 Å². The zero-order valence-corrected chi connectivity index (χ0v) is 12.5. The molecule has 1 heterocycles. The highest BCUT2D eigenvalue weighted by atomic mass is 32.1. The SMILES string of the molecule is CCOC(=O)[C@H](CS)NC(=O)c1nn(CC)cc1[N+](=O)[O-]. The van der Waals surface area contributed by atoms with E-state index in [0.29, 0.717) is 6.54 Å². The summed E-state index contributed by atoms with van der Waals surface area (Å²) >= 11 is 3.95. The summed E-state index contributed by atoms with van der Waals surface area (Å²) in [7, 11) is 0. The molecule has 0 aliphatic heterocycles. The molecule has 0 saturated carbocycles. The largest absolute Gasteiger partial charge is 0.464 e. The first kappa shape index (κ1) is 17.0. The fraction of sp³-hybridized carbons (Fsp3) is 0.545. The zero-order valence-electron chi connectivity index (χ0n) is 11.6. The number of aryl methyl sites for hydroxylation is 1. The molecule has 0 aliphatic rings. The van der Waals surface area contributed by atoms with Crippen molar-refractivity contribution in [3.05, 3.63) is 22.0 Å². The third kappa shape index (κ3) is 4.18. The number of nitrogens with zero attached hydrogens (tertiary/aromatic N) is 3. The first-order chi connectivity index (χ1) is 9.94. The second-order valence-corrected chi connectivity index (χ2v) is 4.30. The molecule has 0 fully saturated rings. The van der Waals surface area contributed by atoms with Gasteiger partial charge in [-0.15, -0.1) is 0 Å². The van der Waals surface area contributed by atoms with E-state index in [1.807, 2.05) is 0 Å². The summed E-state index contributed by atoms with van der Waals surface area (Å²) in [6.45, 7) is 3.89. The minimum Gasteiger partial charge on any atom is -0.464 e. The Hall–Kier alpha value is -2.10. The number of thiol groups is 1. The molecule has 1 atom stereocenters. The fourth-order valence-corrected chi connectivity index (χ4v) is 1.76. The highest BCUT2D eigenvalue weighted by Crippen LogP contribution is 2.16. The van der Waals surface area contributed by atoms with Crippen molar-refractivity contribution >= 4 is 30.2 Å². The standard InChI is InChI=1S/C11H16N4O5S/c1-3-14-5-8(15(18)19)9(13-14)10(16)12-7(6-21)11(17)20-4-2/h5,7,21H,3-4,6H2,1-2H3,(H,12,16)/t7-/m0/s1. The first-order valence-electron chi connectivity index (χ1n) is 6.24. The number of amides is 1. The smallest absolute Gasteiger partial charge is 0.329 e. The second kappa shape index (κ2) is 7.62. The lowest BCUT2D eigenvalue weighted by Crippen LogP contribution is -2.43. The van der Waals surface area contributed by atoms with E-state index in [0.717, 1.165) is 6.20 Å². The predicted octanol–water partition coefficient (Wildman–Crippen LogP) is 0.402. The molecule has 1 aromatic rings. The quantitative estimate of drug-likeness (QED) is 0.325. The van der Waals surface area contributed by atoms with E-state index in [2.05, 4.69) is 23.0 Å².